The number of hydrogen-bond acceptors (Lipinski definition) is 5. The molecule has 0 radical (unpaired) electrons. The number of nitrogens with one attached hydrogen (secondary N) is 1. The van der Waals surface area contributed by atoms with Gasteiger partial charge in [0.1, 0.15) is 5.75 Å². The molecule has 1 N–H and O–H groups in total. The molecule has 1 aromatic heterocycles. The van der Waals surface area contributed by atoms with E-state index in [4.69, 9.17) is 4.74 Å². The van der Waals surface area contributed by atoms with Gasteiger partial charge in [-0.25, -0.2) is 4.98 Å². The molecule has 0 saturated carbocycles. The summed E-state index contributed by atoms with van der Waals surface area (Å²) in [5.74, 6) is 0.771. The van der Waals surface area contributed by atoms with Gasteiger partial charge in [0, 0.05) is 12.6 Å². The van der Waals surface area contributed by atoms with E-state index in [-0.39, 0.29) is 17.2 Å². The topological polar surface area (TPSA) is 73.2 Å². The number of hydrogen-bond donors (Lipinski definition) is 1. The number of allylic oxidation sites excluding steroid dienone is 1. The van der Waals surface area contributed by atoms with Crippen LogP contribution in [0.4, 0.5) is 0 Å². The molecule has 32 heavy (non-hydrogen) atoms. The molecule has 0 bridgehead atoms. The summed E-state index contributed by atoms with van der Waals surface area (Å²) in [6.45, 7) is 0.638. The van der Waals surface area contributed by atoms with Crippen LogP contribution in [-0.2, 0) is 4.79 Å². The summed E-state index contributed by atoms with van der Waals surface area (Å²) in [6.07, 6.45) is 7.99. The van der Waals surface area contributed by atoms with Crippen molar-refractivity contribution in [1.82, 2.24) is 14.9 Å². The van der Waals surface area contributed by atoms with E-state index in [1.165, 1.54) is 30.2 Å². The van der Waals surface area contributed by atoms with Crippen LogP contribution in [0.2, 0.25) is 0 Å². The van der Waals surface area contributed by atoms with Gasteiger partial charge in [-0.05, 0) is 56.4 Å². The molecular formula is C25H27N3O3S. The fraction of sp³-hybridized carbons (Fsp3) is 0.320. The van der Waals surface area contributed by atoms with E-state index in [1.54, 1.807) is 23.8 Å². The number of aromatic nitrogens is 2. The average molecular weight is 450 g/mol. The van der Waals surface area contributed by atoms with Gasteiger partial charge in [-0.2, -0.15) is 0 Å². The van der Waals surface area contributed by atoms with Crippen LogP contribution in [-0.4, -0.2) is 34.9 Å². The van der Waals surface area contributed by atoms with E-state index in [9.17, 15) is 9.59 Å². The van der Waals surface area contributed by atoms with Gasteiger partial charge in [0.05, 0.1) is 29.5 Å². The fourth-order valence-corrected chi connectivity index (χ4v) is 4.70. The molecule has 0 unspecified atom stereocenters. The van der Waals surface area contributed by atoms with Gasteiger partial charge in [-0.15, -0.1) is 0 Å². The summed E-state index contributed by atoms with van der Waals surface area (Å²) in [7, 11) is 1.59. The lowest BCUT2D eigenvalue weighted by Crippen LogP contribution is -2.27. The van der Waals surface area contributed by atoms with Gasteiger partial charge in [0.2, 0.25) is 5.91 Å². The maximum Gasteiger partial charge on any atom is 0.266 e. The van der Waals surface area contributed by atoms with Crippen LogP contribution in [0.3, 0.4) is 0 Å². The number of thioether (sulfide) groups is 1. The van der Waals surface area contributed by atoms with E-state index in [0.29, 0.717) is 34.0 Å². The minimum absolute atomic E-state index is 0.0639. The highest BCUT2D eigenvalue weighted by Crippen LogP contribution is 2.24. The van der Waals surface area contributed by atoms with Crippen molar-refractivity contribution in [2.45, 2.75) is 37.3 Å². The van der Waals surface area contributed by atoms with Crippen LogP contribution in [0, 0.1) is 0 Å². The second kappa shape index (κ2) is 10.5. The predicted octanol–water partition coefficient (Wildman–Crippen LogP) is 4.49. The van der Waals surface area contributed by atoms with E-state index in [1.807, 2.05) is 36.4 Å². The monoisotopic (exact) mass is 449 g/mol. The molecule has 7 heteroatoms. The van der Waals surface area contributed by atoms with Crippen molar-refractivity contribution < 1.29 is 9.53 Å². The number of carbonyl (C=O) groups is 1. The number of para-hydroxylation sites is 1. The number of ether oxygens (including phenoxy) is 1. The summed E-state index contributed by atoms with van der Waals surface area (Å²) in [5.41, 5.74) is 2.53. The molecule has 1 aliphatic rings. The molecule has 4 rings (SSSR count). The molecule has 0 saturated heterocycles. The summed E-state index contributed by atoms with van der Waals surface area (Å²) >= 11 is 1.26. The number of methoxy groups -OCH3 is 1. The van der Waals surface area contributed by atoms with Crippen molar-refractivity contribution in [3.8, 4) is 11.4 Å². The number of fused-ring (bicyclic) bond motifs is 1. The quantitative estimate of drug-likeness (QED) is 0.312. The number of rotatable bonds is 8. The standard InChI is InChI=1S/C25H27N3O3S/c1-31-20-11-7-10-19(16-20)28-24(30)21-12-5-6-13-22(21)27-25(28)32-17-23(29)26-15-14-18-8-3-2-4-9-18/h5-8,10-13,16H,2-4,9,14-15,17H2,1H3,(H,26,29). The van der Waals surface area contributed by atoms with Crippen LogP contribution in [0.25, 0.3) is 16.6 Å². The number of benzene rings is 2. The van der Waals surface area contributed by atoms with Crippen LogP contribution in [0.5, 0.6) is 5.75 Å². The number of amides is 1. The molecule has 1 heterocycles. The Morgan fingerprint density at radius 1 is 1.19 bits per heavy atom. The van der Waals surface area contributed by atoms with Crippen molar-refractivity contribution in [3.05, 3.63) is 70.5 Å². The number of nitrogens with zero attached hydrogens (tertiary/aromatic N) is 2. The third-order valence-electron chi connectivity index (χ3n) is 5.54. The second-order valence-electron chi connectivity index (χ2n) is 7.75. The Morgan fingerprint density at radius 2 is 2.06 bits per heavy atom. The van der Waals surface area contributed by atoms with Crippen molar-refractivity contribution in [2.24, 2.45) is 0 Å². The van der Waals surface area contributed by atoms with E-state index < -0.39 is 0 Å². The Kier molecular flexibility index (Phi) is 7.27. The first-order chi connectivity index (χ1) is 15.7. The average Bonchev–Trinajstić information content (AvgIpc) is 2.83. The summed E-state index contributed by atoms with van der Waals surface area (Å²) in [5, 5.41) is 4.00. The Morgan fingerprint density at radius 3 is 2.88 bits per heavy atom. The third-order valence-corrected chi connectivity index (χ3v) is 6.48. The normalized spacial score (nSPS) is 13.6. The maximum atomic E-state index is 13.3. The minimum atomic E-state index is -0.170. The van der Waals surface area contributed by atoms with Crippen molar-refractivity contribution in [2.75, 3.05) is 19.4 Å². The lowest BCUT2D eigenvalue weighted by Gasteiger charge is -2.14. The first kappa shape index (κ1) is 22.1. The van der Waals surface area contributed by atoms with Gasteiger partial charge in [0.15, 0.2) is 5.16 Å². The molecule has 6 nitrogen and oxygen atoms in total. The first-order valence-electron chi connectivity index (χ1n) is 10.9. The highest BCUT2D eigenvalue weighted by atomic mass is 32.2. The van der Waals surface area contributed by atoms with Gasteiger partial charge < -0.3 is 10.1 Å². The first-order valence-corrected chi connectivity index (χ1v) is 11.9. The van der Waals surface area contributed by atoms with Crippen LogP contribution < -0.4 is 15.6 Å². The molecule has 3 aromatic rings. The molecule has 0 fully saturated rings. The molecule has 1 amide bonds. The molecule has 0 spiro atoms. The van der Waals surface area contributed by atoms with E-state index >= 15 is 0 Å². The predicted molar refractivity (Wildman–Crippen MR) is 129 cm³/mol. The van der Waals surface area contributed by atoms with Crippen LogP contribution in [0.1, 0.15) is 32.1 Å². The van der Waals surface area contributed by atoms with E-state index in [0.717, 1.165) is 19.3 Å². The zero-order valence-electron chi connectivity index (χ0n) is 18.2. The molecule has 0 atom stereocenters. The largest absolute Gasteiger partial charge is 0.497 e. The van der Waals surface area contributed by atoms with E-state index in [2.05, 4.69) is 16.4 Å². The van der Waals surface area contributed by atoms with Gasteiger partial charge in [-0.3, -0.25) is 14.2 Å². The molecule has 166 valence electrons. The molecule has 0 aliphatic heterocycles. The lowest BCUT2D eigenvalue weighted by atomic mass is 9.97. The van der Waals surface area contributed by atoms with Crippen molar-refractivity contribution in [3.63, 3.8) is 0 Å². The Bertz CT molecular complexity index is 1200. The Balaban J connectivity index is 1.53. The van der Waals surface area contributed by atoms with Crippen molar-refractivity contribution in [1.29, 1.82) is 0 Å². The second-order valence-corrected chi connectivity index (χ2v) is 8.69. The van der Waals surface area contributed by atoms with Gasteiger partial charge >= 0.3 is 0 Å². The lowest BCUT2D eigenvalue weighted by molar-refractivity contribution is -0.118. The van der Waals surface area contributed by atoms with Crippen molar-refractivity contribution >= 4 is 28.6 Å². The number of carbonyl (C=O) groups excluding carboxylic acids is 1. The zero-order valence-corrected chi connectivity index (χ0v) is 19.0. The zero-order chi connectivity index (χ0) is 22.3. The molecule has 2 aromatic carbocycles. The minimum Gasteiger partial charge on any atom is -0.497 e. The summed E-state index contributed by atoms with van der Waals surface area (Å²) in [4.78, 5) is 30.5. The van der Waals surface area contributed by atoms with Crippen LogP contribution >= 0.6 is 11.8 Å². The fourth-order valence-electron chi connectivity index (χ4n) is 3.86. The SMILES string of the molecule is COc1cccc(-n2c(SCC(=O)NCCC3=CCCCC3)nc3ccccc3c2=O)c1. The smallest absolute Gasteiger partial charge is 0.266 e. The van der Waals surface area contributed by atoms with Crippen LogP contribution in [0.15, 0.2) is 70.1 Å². The summed E-state index contributed by atoms with van der Waals surface area (Å²) < 4.78 is 6.88. The Hall–Kier alpha value is -3.06. The van der Waals surface area contributed by atoms with Gasteiger partial charge in [0.25, 0.3) is 5.56 Å². The third kappa shape index (κ3) is 5.22. The summed E-state index contributed by atoms with van der Waals surface area (Å²) in [6, 6.07) is 14.5. The highest BCUT2D eigenvalue weighted by Gasteiger charge is 2.15. The Labute approximate surface area is 191 Å². The molecule has 1 aliphatic carbocycles. The maximum absolute atomic E-state index is 13.3. The molecular weight excluding hydrogens is 422 g/mol. The van der Waals surface area contributed by atoms with Gasteiger partial charge in [-0.1, -0.05) is 41.6 Å². The highest BCUT2D eigenvalue weighted by molar-refractivity contribution is 7.99.